The molecule has 3 rings (SSSR count). The van der Waals surface area contributed by atoms with Crippen LogP contribution in [0.15, 0.2) is 23.3 Å². The van der Waals surface area contributed by atoms with E-state index in [0.29, 0.717) is 30.1 Å². The Balaban J connectivity index is 1.68. The van der Waals surface area contributed by atoms with Crippen molar-refractivity contribution in [3.05, 3.63) is 23.3 Å². The third-order valence-electron chi connectivity index (χ3n) is 9.15. The van der Waals surface area contributed by atoms with Gasteiger partial charge in [0.15, 0.2) is 0 Å². The van der Waals surface area contributed by atoms with E-state index >= 15 is 0 Å². The summed E-state index contributed by atoms with van der Waals surface area (Å²) >= 11 is 0. The molecule has 4 N–H and O–H groups in total. The molecule has 190 valence electrons. The van der Waals surface area contributed by atoms with Crippen molar-refractivity contribution in [3.63, 3.8) is 0 Å². The Morgan fingerprint density at radius 1 is 1.15 bits per heavy atom. The SMILES string of the molecule is COCC1(O)[C@H](O)CC(=CC=C2CCCC3(C)C2CCC3[C@@H](C)CCCC(C)(C)O)C[C@H]1O. The molecule has 5 heteroatoms. The normalized spacial score (nSPS) is 39.5. The lowest BCUT2D eigenvalue weighted by molar-refractivity contribution is -0.181. The summed E-state index contributed by atoms with van der Waals surface area (Å²) in [4.78, 5) is 0. The Hall–Kier alpha value is -0.720. The second kappa shape index (κ2) is 10.5. The Morgan fingerprint density at radius 2 is 1.82 bits per heavy atom. The van der Waals surface area contributed by atoms with Crippen molar-refractivity contribution >= 4 is 0 Å². The third-order valence-corrected chi connectivity index (χ3v) is 9.15. The summed E-state index contributed by atoms with van der Waals surface area (Å²) in [5.74, 6) is 2.00. The highest BCUT2D eigenvalue weighted by Crippen LogP contribution is 2.60. The van der Waals surface area contributed by atoms with Gasteiger partial charge in [-0.05, 0) is 88.4 Å². The second-order valence-electron chi connectivity index (χ2n) is 12.2. The van der Waals surface area contributed by atoms with E-state index in [-0.39, 0.29) is 6.61 Å². The first-order valence-electron chi connectivity index (χ1n) is 13.1. The first kappa shape index (κ1) is 26.9. The zero-order valence-electron chi connectivity index (χ0n) is 21.5. The van der Waals surface area contributed by atoms with E-state index in [9.17, 15) is 20.4 Å². The average molecular weight is 465 g/mol. The van der Waals surface area contributed by atoms with Crippen molar-refractivity contribution < 1.29 is 25.2 Å². The molecule has 0 amide bonds. The highest BCUT2D eigenvalue weighted by atomic mass is 16.5. The first-order valence-corrected chi connectivity index (χ1v) is 13.1. The van der Waals surface area contributed by atoms with Crippen molar-refractivity contribution in [3.8, 4) is 0 Å². The van der Waals surface area contributed by atoms with E-state index in [1.54, 1.807) is 0 Å². The van der Waals surface area contributed by atoms with Crippen LogP contribution in [0.5, 0.6) is 0 Å². The molecule has 6 atom stereocenters. The van der Waals surface area contributed by atoms with Gasteiger partial charge in [-0.3, -0.25) is 0 Å². The summed E-state index contributed by atoms with van der Waals surface area (Å²) in [6, 6.07) is 0. The molecule has 0 heterocycles. The molecule has 3 fully saturated rings. The first-order chi connectivity index (χ1) is 15.4. The molecular formula is C28H48O5. The van der Waals surface area contributed by atoms with Crippen LogP contribution in [0.25, 0.3) is 0 Å². The molecule has 3 aliphatic carbocycles. The zero-order chi connectivity index (χ0) is 24.4. The predicted octanol–water partition coefficient (Wildman–Crippen LogP) is 4.53. The predicted molar refractivity (Wildman–Crippen MR) is 132 cm³/mol. The number of rotatable bonds is 8. The summed E-state index contributed by atoms with van der Waals surface area (Å²) in [5, 5.41) is 41.6. The number of ether oxygens (including phenoxy) is 1. The molecule has 0 saturated heterocycles. The summed E-state index contributed by atoms with van der Waals surface area (Å²) in [7, 11) is 1.47. The molecular weight excluding hydrogens is 416 g/mol. The van der Waals surface area contributed by atoms with Crippen molar-refractivity contribution in [2.45, 2.75) is 115 Å². The molecule has 0 aliphatic heterocycles. The number of aliphatic hydroxyl groups is 4. The van der Waals surface area contributed by atoms with Crippen molar-refractivity contribution in [2.75, 3.05) is 13.7 Å². The summed E-state index contributed by atoms with van der Waals surface area (Å²) in [6.45, 7) is 8.65. The fourth-order valence-corrected chi connectivity index (χ4v) is 7.21. The molecule has 5 nitrogen and oxygen atoms in total. The van der Waals surface area contributed by atoms with Gasteiger partial charge in [-0.15, -0.1) is 0 Å². The summed E-state index contributed by atoms with van der Waals surface area (Å²) in [6.07, 6.45) is 12.3. The molecule has 3 saturated carbocycles. The molecule has 0 radical (unpaired) electrons. The van der Waals surface area contributed by atoms with Gasteiger partial charge in [0.25, 0.3) is 0 Å². The highest BCUT2D eigenvalue weighted by Gasteiger charge is 2.50. The van der Waals surface area contributed by atoms with Gasteiger partial charge < -0.3 is 25.2 Å². The topological polar surface area (TPSA) is 90.2 Å². The van der Waals surface area contributed by atoms with Crippen LogP contribution in [0.4, 0.5) is 0 Å². The highest BCUT2D eigenvalue weighted by molar-refractivity contribution is 5.27. The molecule has 0 bridgehead atoms. The number of hydrogen-bond donors (Lipinski definition) is 4. The van der Waals surface area contributed by atoms with E-state index < -0.39 is 23.4 Å². The Labute approximate surface area is 200 Å². The quantitative estimate of drug-likeness (QED) is 0.424. The number of methoxy groups -OCH3 is 1. The third kappa shape index (κ3) is 5.92. The van der Waals surface area contributed by atoms with E-state index in [4.69, 9.17) is 4.74 Å². The van der Waals surface area contributed by atoms with Crippen LogP contribution in [-0.2, 0) is 4.74 Å². The molecule has 0 aromatic heterocycles. The van der Waals surface area contributed by atoms with Gasteiger partial charge >= 0.3 is 0 Å². The fourth-order valence-electron chi connectivity index (χ4n) is 7.21. The van der Waals surface area contributed by atoms with Crippen LogP contribution < -0.4 is 0 Å². The lowest BCUT2D eigenvalue weighted by atomic mass is 9.60. The maximum atomic E-state index is 10.6. The fraction of sp³-hybridized carbons (Fsp3) is 0.857. The van der Waals surface area contributed by atoms with Gasteiger partial charge in [0.2, 0.25) is 0 Å². The average Bonchev–Trinajstić information content (AvgIpc) is 3.07. The number of allylic oxidation sites excluding steroid dienone is 3. The molecule has 3 aliphatic rings. The maximum Gasteiger partial charge on any atom is 0.140 e. The van der Waals surface area contributed by atoms with Gasteiger partial charge in [-0.2, -0.15) is 0 Å². The number of hydrogen-bond acceptors (Lipinski definition) is 5. The molecule has 3 unspecified atom stereocenters. The van der Waals surface area contributed by atoms with Crippen molar-refractivity contribution in [1.29, 1.82) is 0 Å². The van der Waals surface area contributed by atoms with Crippen LogP contribution in [0.2, 0.25) is 0 Å². The van der Waals surface area contributed by atoms with Crippen LogP contribution in [0.3, 0.4) is 0 Å². The van der Waals surface area contributed by atoms with Crippen molar-refractivity contribution in [2.24, 2.45) is 23.2 Å². The van der Waals surface area contributed by atoms with Crippen LogP contribution in [0, 0.1) is 23.2 Å². The van der Waals surface area contributed by atoms with Gasteiger partial charge in [0.1, 0.15) is 5.60 Å². The lowest BCUT2D eigenvalue weighted by Gasteiger charge is -2.44. The van der Waals surface area contributed by atoms with Crippen LogP contribution in [-0.4, -0.2) is 57.6 Å². The van der Waals surface area contributed by atoms with Gasteiger partial charge in [-0.1, -0.05) is 50.0 Å². The van der Waals surface area contributed by atoms with E-state index in [2.05, 4.69) is 26.0 Å². The lowest BCUT2D eigenvalue weighted by Crippen LogP contribution is -2.58. The van der Waals surface area contributed by atoms with Gasteiger partial charge in [0, 0.05) is 7.11 Å². The van der Waals surface area contributed by atoms with E-state index in [1.165, 1.54) is 44.8 Å². The minimum Gasteiger partial charge on any atom is -0.390 e. The standard InChI is InChI=1S/C28H48O5/c1-19(8-6-14-26(2,3)31)22-12-13-23-21(9-7-15-27(22,23)4)11-10-20-16-24(29)28(32,18-33-5)25(30)17-20/h10-11,19,22-25,29-32H,6-9,12-18H2,1-5H3/t19-,22?,23?,24+,25+,27?,28?/m0/s1. The Morgan fingerprint density at radius 3 is 2.42 bits per heavy atom. The molecule has 33 heavy (non-hydrogen) atoms. The Kier molecular flexibility index (Phi) is 8.55. The molecule has 0 aromatic rings. The number of aliphatic hydroxyl groups excluding tert-OH is 2. The van der Waals surface area contributed by atoms with E-state index in [0.717, 1.165) is 30.8 Å². The van der Waals surface area contributed by atoms with Gasteiger partial charge in [-0.25, -0.2) is 0 Å². The van der Waals surface area contributed by atoms with Crippen LogP contribution >= 0.6 is 0 Å². The van der Waals surface area contributed by atoms with Crippen LogP contribution in [0.1, 0.15) is 91.9 Å². The van der Waals surface area contributed by atoms with Gasteiger partial charge in [0.05, 0.1) is 24.4 Å². The molecule has 0 aromatic carbocycles. The largest absolute Gasteiger partial charge is 0.390 e. The molecule has 0 spiro atoms. The zero-order valence-corrected chi connectivity index (χ0v) is 21.5. The smallest absolute Gasteiger partial charge is 0.140 e. The minimum atomic E-state index is -1.59. The van der Waals surface area contributed by atoms with Crippen molar-refractivity contribution in [1.82, 2.24) is 0 Å². The Bertz CT molecular complexity index is 706. The maximum absolute atomic E-state index is 10.6. The summed E-state index contributed by atoms with van der Waals surface area (Å²) in [5.41, 5.74) is 0.675. The second-order valence-corrected chi connectivity index (χ2v) is 12.2. The monoisotopic (exact) mass is 464 g/mol. The minimum absolute atomic E-state index is 0.0699. The number of fused-ring (bicyclic) bond motifs is 1. The van der Waals surface area contributed by atoms with E-state index in [1.807, 2.05) is 13.8 Å². The summed E-state index contributed by atoms with van der Waals surface area (Å²) < 4.78 is 5.03.